The first-order chi connectivity index (χ1) is 13.8. The summed E-state index contributed by atoms with van der Waals surface area (Å²) in [5, 5.41) is 3.27. The minimum absolute atomic E-state index is 0.0257. The molecule has 0 bridgehead atoms. The number of para-hydroxylation sites is 1. The number of halogens is 1. The number of hydrogen-bond donors (Lipinski definition) is 1. The second-order valence-corrected chi connectivity index (χ2v) is 7.34. The average Bonchev–Trinajstić information content (AvgIpc) is 2.70. The van der Waals surface area contributed by atoms with E-state index >= 15 is 0 Å². The van der Waals surface area contributed by atoms with Gasteiger partial charge in [0.2, 0.25) is 5.91 Å². The van der Waals surface area contributed by atoms with Crippen molar-refractivity contribution in [3.05, 3.63) is 59.1 Å². The van der Waals surface area contributed by atoms with Gasteiger partial charge in [-0.2, -0.15) is 0 Å². The number of ether oxygens (including phenoxy) is 2. The summed E-state index contributed by atoms with van der Waals surface area (Å²) < 4.78 is 10.8. The van der Waals surface area contributed by atoms with Gasteiger partial charge in [-0.25, -0.2) is 0 Å². The third-order valence-corrected chi connectivity index (χ3v) is 4.61. The molecule has 0 fully saturated rings. The number of methoxy groups -OCH3 is 1. The maximum Gasteiger partial charge on any atom is 0.261 e. The minimum atomic E-state index is -0.665. The molecule has 29 heavy (non-hydrogen) atoms. The quantitative estimate of drug-likeness (QED) is 0.674. The van der Waals surface area contributed by atoms with Gasteiger partial charge in [-0.3, -0.25) is 9.59 Å². The van der Waals surface area contributed by atoms with Crippen molar-refractivity contribution >= 4 is 23.4 Å². The molecule has 0 aliphatic heterocycles. The van der Waals surface area contributed by atoms with Crippen molar-refractivity contribution in [2.75, 3.05) is 13.7 Å². The molecule has 2 aromatic rings. The number of amides is 2. The van der Waals surface area contributed by atoms with Crippen LogP contribution in [0.15, 0.2) is 48.5 Å². The molecule has 0 aromatic heterocycles. The van der Waals surface area contributed by atoms with Crippen LogP contribution in [0.2, 0.25) is 5.02 Å². The van der Waals surface area contributed by atoms with Crippen LogP contribution in [0.5, 0.6) is 11.5 Å². The van der Waals surface area contributed by atoms with Gasteiger partial charge in [-0.05, 0) is 50.6 Å². The van der Waals surface area contributed by atoms with Gasteiger partial charge in [0.15, 0.2) is 6.61 Å². The van der Waals surface area contributed by atoms with Crippen LogP contribution in [0.4, 0.5) is 0 Å². The van der Waals surface area contributed by atoms with E-state index in [2.05, 4.69) is 5.32 Å². The molecule has 2 amide bonds. The molecule has 0 aliphatic carbocycles. The lowest BCUT2D eigenvalue weighted by atomic mass is 10.1. The summed E-state index contributed by atoms with van der Waals surface area (Å²) in [7, 11) is 1.59. The van der Waals surface area contributed by atoms with Gasteiger partial charge < -0.3 is 19.7 Å². The van der Waals surface area contributed by atoms with Crippen LogP contribution >= 0.6 is 11.6 Å². The van der Waals surface area contributed by atoms with Gasteiger partial charge in [-0.15, -0.1) is 0 Å². The smallest absolute Gasteiger partial charge is 0.261 e. The van der Waals surface area contributed by atoms with Crippen LogP contribution in [0.1, 0.15) is 26.3 Å². The molecule has 0 saturated carbocycles. The van der Waals surface area contributed by atoms with E-state index in [0.717, 1.165) is 11.3 Å². The summed E-state index contributed by atoms with van der Waals surface area (Å²) in [6, 6.07) is 13.6. The maximum atomic E-state index is 12.9. The number of benzene rings is 2. The molecule has 0 radical (unpaired) electrons. The molecule has 1 N–H and O–H groups in total. The van der Waals surface area contributed by atoms with Gasteiger partial charge in [0.1, 0.15) is 17.5 Å². The minimum Gasteiger partial charge on any atom is -0.497 e. The molecule has 2 aromatic carbocycles. The van der Waals surface area contributed by atoms with Crippen LogP contribution in [0.25, 0.3) is 0 Å². The molecular formula is C22H27ClN2O4. The van der Waals surface area contributed by atoms with E-state index in [0.29, 0.717) is 10.8 Å². The van der Waals surface area contributed by atoms with Crippen molar-refractivity contribution in [1.82, 2.24) is 10.2 Å². The normalized spacial score (nSPS) is 11.7. The SMILES string of the molecule is COc1ccc(CN(C(=O)COc2ccccc2Cl)C(C)C(=O)NC(C)C)cc1. The van der Waals surface area contributed by atoms with E-state index in [9.17, 15) is 9.59 Å². The molecule has 156 valence electrons. The molecule has 2 rings (SSSR count). The second kappa shape index (κ2) is 10.7. The Kier molecular flexibility index (Phi) is 8.34. The van der Waals surface area contributed by atoms with E-state index in [-0.39, 0.29) is 31.0 Å². The highest BCUT2D eigenvalue weighted by Crippen LogP contribution is 2.23. The summed E-state index contributed by atoms with van der Waals surface area (Å²) in [6.45, 7) is 5.50. The molecule has 0 aliphatic rings. The molecule has 0 spiro atoms. The predicted octanol–water partition coefficient (Wildman–Crippen LogP) is 3.67. The standard InChI is InChI=1S/C22H27ClN2O4/c1-15(2)24-22(27)16(3)25(13-17-9-11-18(28-4)12-10-17)21(26)14-29-20-8-6-5-7-19(20)23/h5-12,15-16H,13-14H2,1-4H3,(H,24,27). The Labute approximate surface area is 176 Å². The molecule has 7 heteroatoms. The Balaban J connectivity index is 2.16. The molecule has 1 atom stereocenters. The monoisotopic (exact) mass is 418 g/mol. The zero-order valence-electron chi connectivity index (χ0n) is 17.1. The number of rotatable bonds is 9. The first-order valence-electron chi connectivity index (χ1n) is 9.42. The van der Waals surface area contributed by atoms with Crippen molar-refractivity contribution < 1.29 is 19.1 Å². The highest BCUT2D eigenvalue weighted by atomic mass is 35.5. The van der Waals surface area contributed by atoms with Gasteiger partial charge in [-0.1, -0.05) is 35.9 Å². The lowest BCUT2D eigenvalue weighted by molar-refractivity contribution is -0.142. The topological polar surface area (TPSA) is 67.9 Å². The van der Waals surface area contributed by atoms with Gasteiger partial charge in [0.25, 0.3) is 5.91 Å². The van der Waals surface area contributed by atoms with Crippen molar-refractivity contribution in [3.63, 3.8) is 0 Å². The fourth-order valence-electron chi connectivity index (χ4n) is 2.70. The van der Waals surface area contributed by atoms with Crippen LogP contribution in [-0.4, -0.2) is 42.5 Å². The lowest BCUT2D eigenvalue weighted by Crippen LogP contribution is -2.50. The fraction of sp³-hybridized carbons (Fsp3) is 0.364. The number of nitrogens with zero attached hydrogens (tertiary/aromatic N) is 1. The summed E-state index contributed by atoms with van der Waals surface area (Å²) in [5.74, 6) is 0.609. The zero-order valence-corrected chi connectivity index (χ0v) is 17.9. The first kappa shape index (κ1) is 22.6. The van der Waals surface area contributed by atoms with Crippen LogP contribution < -0.4 is 14.8 Å². The van der Waals surface area contributed by atoms with Gasteiger partial charge in [0, 0.05) is 12.6 Å². The largest absolute Gasteiger partial charge is 0.497 e. The van der Waals surface area contributed by atoms with Gasteiger partial charge in [0.05, 0.1) is 12.1 Å². The number of nitrogens with one attached hydrogen (secondary N) is 1. The lowest BCUT2D eigenvalue weighted by Gasteiger charge is -2.29. The Morgan fingerprint density at radius 1 is 1.07 bits per heavy atom. The van der Waals surface area contributed by atoms with E-state index < -0.39 is 6.04 Å². The average molecular weight is 419 g/mol. The molecule has 1 unspecified atom stereocenters. The summed E-state index contributed by atoms with van der Waals surface area (Å²) in [5.41, 5.74) is 0.876. The molecule has 0 heterocycles. The first-order valence-corrected chi connectivity index (χ1v) is 9.79. The fourth-order valence-corrected chi connectivity index (χ4v) is 2.89. The summed E-state index contributed by atoms with van der Waals surface area (Å²) in [6.07, 6.45) is 0. The number of hydrogen-bond acceptors (Lipinski definition) is 4. The molecular weight excluding hydrogens is 392 g/mol. The zero-order chi connectivity index (χ0) is 21.4. The number of carbonyl (C=O) groups excluding carboxylic acids is 2. The Morgan fingerprint density at radius 3 is 2.31 bits per heavy atom. The van der Waals surface area contributed by atoms with Crippen molar-refractivity contribution in [2.24, 2.45) is 0 Å². The van der Waals surface area contributed by atoms with Crippen LogP contribution in [-0.2, 0) is 16.1 Å². The Morgan fingerprint density at radius 2 is 1.72 bits per heavy atom. The van der Waals surface area contributed by atoms with Crippen LogP contribution in [0.3, 0.4) is 0 Å². The second-order valence-electron chi connectivity index (χ2n) is 6.93. The van der Waals surface area contributed by atoms with Crippen molar-refractivity contribution in [1.29, 1.82) is 0 Å². The van der Waals surface area contributed by atoms with E-state index in [1.54, 1.807) is 38.3 Å². The van der Waals surface area contributed by atoms with E-state index in [1.807, 2.05) is 38.1 Å². The number of carbonyl (C=O) groups is 2. The molecule has 6 nitrogen and oxygen atoms in total. The third-order valence-electron chi connectivity index (χ3n) is 4.30. The summed E-state index contributed by atoms with van der Waals surface area (Å²) >= 11 is 6.09. The third kappa shape index (κ3) is 6.68. The maximum absolute atomic E-state index is 12.9. The Hall–Kier alpha value is -2.73. The highest BCUT2D eigenvalue weighted by molar-refractivity contribution is 6.32. The van der Waals surface area contributed by atoms with Crippen molar-refractivity contribution in [2.45, 2.75) is 39.4 Å². The van der Waals surface area contributed by atoms with Gasteiger partial charge >= 0.3 is 0 Å². The summed E-state index contributed by atoms with van der Waals surface area (Å²) in [4.78, 5) is 27.0. The van der Waals surface area contributed by atoms with Crippen LogP contribution in [0, 0.1) is 0 Å². The Bertz CT molecular complexity index is 824. The predicted molar refractivity (Wildman–Crippen MR) is 113 cm³/mol. The van der Waals surface area contributed by atoms with E-state index in [4.69, 9.17) is 21.1 Å². The molecule has 0 saturated heterocycles. The highest BCUT2D eigenvalue weighted by Gasteiger charge is 2.27. The van der Waals surface area contributed by atoms with Crippen molar-refractivity contribution in [3.8, 4) is 11.5 Å². The van der Waals surface area contributed by atoms with E-state index in [1.165, 1.54) is 4.90 Å².